The van der Waals surface area contributed by atoms with Crippen LogP contribution in [-0.4, -0.2) is 16.6 Å². The van der Waals surface area contributed by atoms with Crippen LogP contribution >= 0.6 is 0 Å². The highest BCUT2D eigenvalue weighted by atomic mass is 16.2. The standard InChI is InChI=1S/C10H12N2O2/c1-7-4-9(8(2)12(7)3)5-10(14)11-6-13/h4H,5H2,1-3H3. The first-order chi connectivity index (χ1) is 6.56. The lowest BCUT2D eigenvalue weighted by Gasteiger charge is -1.99. The molecule has 0 aliphatic carbocycles. The van der Waals surface area contributed by atoms with Gasteiger partial charge in [0.15, 0.2) is 0 Å². The smallest absolute Gasteiger partial charge is 0.260 e. The van der Waals surface area contributed by atoms with Crippen molar-refractivity contribution in [2.45, 2.75) is 20.3 Å². The van der Waals surface area contributed by atoms with Crippen LogP contribution in [0.4, 0.5) is 0 Å². The Bertz CT molecular complexity index is 412. The highest BCUT2D eigenvalue weighted by Crippen LogP contribution is 2.13. The summed E-state index contributed by atoms with van der Waals surface area (Å²) in [6.07, 6.45) is 1.42. The van der Waals surface area contributed by atoms with E-state index in [0.717, 1.165) is 17.0 Å². The minimum Gasteiger partial charge on any atom is -0.352 e. The maximum Gasteiger partial charge on any atom is 0.260 e. The molecule has 0 atom stereocenters. The summed E-state index contributed by atoms with van der Waals surface area (Å²) in [6, 6.07) is 1.92. The Labute approximate surface area is 82.3 Å². The molecular formula is C10H12N2O2. The topological polar surface area (TPSA) is 51.4 Å². The Balaban J connectivity index is 2.92. The van der Waals surface area contributed by atoms with E-state index in [-0.39, 0.29) is 6.42 Å². The molecule has 1 amide bonds. The van der Waals surface area contributed by atoms with Crippen LogP contribution in [0.2, 0.25) is 0 Å². The monoisotopic (exact) mass is 192 g/mol. The molecule has 4 heteroatoms. The molecule has 0 unspecified atom stereocenters. The zero-order valence-electron chi connectivity index (χ0n) is 8.50. The summed E-state index contributed by atoms with van der Waals surface area (Å²) in [5.74, 6) is -0.450. The third-order valence-corrected chi connectivity index (χ3v) is 2.39. The minimum atomic E-state index is -0.450. The van der Waals surface area contributed by atoms with Crippen LogP contribution in [-0.2, 0) is 23.1 Å². The number of amides is 1. The SMILES string of the molecule is Cc1cc(CC(=O)N=C=O)c(C)n1C. The van der Waals surface area contributed by atoms with E-state index in [1.807, 2.05) is 31.5 Å². The summed E-state index contributed by atoms with van der Waals surface area (Å²) in [5, 5.41) is 0. The van der Waals surface area contributed by atoms with Crippen LogP contribution < -0.4 is 0 Å². The molecule has 1 aromatic rings. The number of aliphatic imine (C=N–C) groups is 1. The summed E-state index contributed by atoms with van der Waals surface area (Å²) in [7, 11) is 1.93. The third kappa shape index (κ3) is 1.98. The second-order valence-corrected chi connectivity index (χ2v) is 3.23. The Hall–Kier alpha value is -1.67. The van der Waals surface area contributed by atoms with Crippen LogP contribution in [0.25, 0.3) is 0 Å². The first-order valence-corrected chi connectivity index (χ1v) is 4.28. The van der Waals surface area contributed by atoms with Crippen molar-refractivity contribution < 1.29 is 9.59 Å². The largest absolute Gasteiger partial charge is 0.352 e. The van der Waals surface area contributed by atoms with E-state index in [0.29, 0.717) is 0 Å². The van der Waals surface area contributed by atoms with E-state index in [2.05, 4.69) is 4.99 Å². The molecule has 0 saturated heterocycles. The first kappa shape index (κ1) is 10.4. The van der Waals surface area contributed by atoms with Gasteiger partial charge in [-0.05, 0) is 25.5 Å². The van der Waals surface area contributed by atoms with Gasteiger partial charge in [-0.3, -0.25) is 4.79 Å². The zero-order valence-corrected chi connectivity index (χ0v) is 8.50. The van der Waals surface area contributed by atoms with Crippen LogP contribution in [0.15, 0.2) is 11.1 Å². The Morgan fingerprint density at radius 2 is 2.21 bits per heavy atom. The molecule has 0 N–H and O–H groups in total. The predicted molar refractivity (Wildman–Crippen MR) is 51.7 cm³/mol. The molecule has 0 fully saturated rings. The number of rotatable bonds is 2. The third-order valence-electron chi connectivity index (χ3n) is 2.39. The van der Waals surface area contributed by atoms with Crippen molar-refractivity contribution in [2.75, 3.05) is 0 Å². The number of hydrogen-bond donors (Lipinski definition) is 0. The van der Waals surface area contributed by atoms with E-state index in [1.165, 1.54) is 6.08 Å². The fourth-order valence-corrected chi connectivity index (χ4v) is 1.37. The zero-order chi connectivity index (χ0) is 10.7. The second kappa shape index (κ2) is 4.03. The molecule has 0 bridgehead atoms. The van der Waals surface area contributed by atoms with Crippen molar-refractivity contribution in [3.8, 4) is 0 Å². The highest BCUT2D eigenvalue weighted by molar-refractivity contribution is 5.83. The molecule has 74 valence electrons. The van der Waals surface area contributed by atoms with E-state index < -0.39 is 5.91 Å². The van der Waals surface area contributed by atoms with Gasteiger partial charge in [-0.1, -0.05) is 0 Å². The van der Waals surface area contributed by atoms with Crippen LogP contribution in [0, 0.1) is 13.8 Å². The Morgan fingerprint density at radius 1 is 1.57 bits per heavy atom. The normalized spacial score (nSPS) is 9.64. The molecule has 0 aromatic carbocycles. The van der Waals surface area contributed by atoms with E-state index in [1.54, 1.807) is 0 Å². The number of hydrogen-bond acceptors (Lipinski definition) is 2. The highest BCUT2D eigenvalue weighted by Gasteiger charge is 2.09. The summed E-state index contributed by atoms with van der Waals surface area (Å²) >= 11 is 0. The molecule has 1 aromatic heterocycles. The molecule has 0 spiro atoms. The predicted octanol–water partition coefficient (Wildman–Crippen LogP) is 1.05. The molecule has 0 radical (unpaired) electrons. The van der Waals surface area contributed by atoms with Gasteiger partial charge in [0, 0.05) is 18.4 Å². The van der Waals surface area contributed by atoms with Gasteiger partial charge in [-0.2, -0.15) is 0 Å². The number of aryl methyl sites for hydroxylation is 1. The van der Waals surface area contributed by atoms with E-state index >= 15 is 0 Å². The van der Waals surface area contributed by atoms with E-state index in [4.69, 9.17) is 0 Å². The maximum atomic E-state index is 11.0. The van der Waals surface area contributed by atoms with Gasteiger partial charge < -0.3 is 4.57 Å². The van der Waals surface area contributed by atoms with Gasteiger partial charge in [0.2, 0.25) is 6.08 Å². The lowest BCUT2D eigenvalue weighted by molar-refractivity contribution is -0.117. The summed E-state index contributed by atoms with van der Waals surface area (Å²) in [4.78, 5) is 23.9. The number of nitrogens with zero attached hydrogens (tertiary/aromatic N) is 2. The Morgan fingerprint density at radius 3 is 2.64 bits per heavy atom. The van der Waals surface area contributed by atoms with Crippen molar-refractivity contribution in [1.82, 2.24) is 4.57 Å². The Kier molecular flexibility index (Phi) is 2.99. The minimum absolute atomic E-state index is 0.169. The fraction of sp³-hybridized carbons (Fsp3) is 0.400. The maximum absolute atomic E-state index is 11.0. The average Bonchev–Trinajstić information content (AvgIpc) is 2.34. The average molecular weight is 192 g/mol. The lowest BCUT2D eigenvalue weighted by atomic mass is 10.2. The van der Waals surface area contributed by atoms with Gasteiger partial charge in [0.1, 0.15) is 0 Å². The van der Waals surface area contributed by atoms with Gasteiger partial charge in [-0.15, -0.1) is 4.99 Å². The molecule has 4 nitrogen and oxygen atoms in total. The molecule has 0 aliphatic heterocycles. The van der Waals surface area contributed by atoms with Gasteiger partial charge in [0.05, 0.1) is 6.42 Å². The van der Waals surface area contributed by atoms with Crippen molar-refractivity contribution in [3.63, 3.8) is 0 Å². The lowest BCUT2D eigenvalue weighted by Crippen LogP contribution is -2.00. The van der Waals surface area contributed by atoms with Crippen molar-refractivity contribution in [2.24, 2.45) is 12.0 Å². The number of isocyanates is 1. The fourth-order valence-electron chi connectivity index (χ4n) is 1.37. The molecule has 1 rings (SSSR count). The molecular weight excluding hydrogens is 180 g/mol. The van der Waals surface area contributed by atoms with Crippen molar-refractivity contribution in [3.05, 3.63) is 23.0 Å². The molecule has 14 heavy (non-hydrogen) atoms. The quantitative estimate of drug-likeness (QED) is 0.519. The van der Waals surface area contributed by atoms with Gasteiger partial charge >= 0.3 is 0 Å². The van der Waals surface area contributed by atoms with Crippen LogP contribution in [0.3, 0.4) is 0 Å². The van der Waals surface area contributed by atoms with Crippen LogP contribution in [0.1, 0.15) is 17.0 Å². The van der Waals surface area contributed by atoms with Crippen molar-refractivity contribution in [1.29, 1.82) is 0 Å². The number of aromatic nitrogens is 1. The summed E-state index contributed by atoms with van der Waals surface area (Å²) in [5.41, 5.74) is 3.02. The molecule has 1 heterocycles. The first-order valence-electron chi connectivity index (χ1n) is 4.28. The molecule has 0 aliphatic rings. The molecule has 0 saturated carbocycles. The summed E-state index contributed by atoms with van der Waals surface area (Å²) < 4.78 is 1.99. The van der Waals surface area contributed by atoms with E-state index in [9.17, 15) is 9.59 Å². The van der Waals surface area contributed by atoms with Gasteiger partial charge in [0.25, 0.3) is 5.91 Å². The van der Waals surface area contributed by atoms with Crippen molar-refractivity contribution >= 4 is 12.0 Å². The second-order valence-electron chi connectivity index (χ2n) is 3.23. The summed E-state index contributed by atoms with van der Waals surface area (Å²) in [6.45, 7) is 3.89. The number of carbonyl (C=O) groups is 1. The van der Waals surface area contributed by atoms with Gasteiger partial charge in [-0.25, -0.2) is 4.79 Å². The van der Waals surface area contributed by atoms with Crippen LogP contribution in [0.5, 0.6) is 0 Å². The number of carbonyl (C=O) groups excluding carboxylic acids is 2.